The quantitative estimate of drug-likeness (QED) is 0.595. The van der Waals surface area contributed by atoms with Gasteiger partial charge in [0.15, 0.2) is 11.6 Å². The molecule has 16 heavy (non-hydrogen) atoms. The van der Waals surface area contributed by atoms with Crippen LogP contribution in [0.25, 0.3) is 6.08 Å². The smallest absolute Gasteiger partial charge is 0.263 e. The fourth-order valence-corrected chi connectivity index (χ4v) is 2.25. The number of aromatic hydroxyl groups is 1. The SMILES string of the molecule is O=C1NC(=S)S/C1=C/c1cccc(F)c1O. The largest absolute Gasteiger partial charge is 0.504 e. The Morgan fingerprint density at radius 1 is 1.50 bits per heavy atom. The lowest BCUT2D eigenvalue weighted by molar-refractivity contribution is -0.115. The Bertz CT molecular complexity index is 514. The zero-order chi connectivity index (χ0) is 11.7. The molecule has 1 aliphatic heterocycles. The first-order valence-corrected chi connectivity index (χ1v) is 5.53. The highest BCUT2D eigenvalue weighted by Gasteiger charge is 2.22. The number of phenolic OH excluding ortho intramolecular Hbond substituents is 1. The summed E-state index contributed by atoms with van der Waals surface area (Å²) in [6.07, 6.45) is 1.40. The van der Waals surface area contributed by atoms with E-state index < -0.39 is 11.6 Å². The number of phenols is 1. The molecule has 1 aromatic carbocycles. The third kappa shape index (κ3) is 2.07. The van der Waals surface area contributed by atoms with Crippen molar-refractivity contribution in [3.05, 3.63) is 34.5 Å². The maximum absolute atomic E-state index is 13.0. The lowest BCUT2D eigenvalue weighted by Gasteiger charge is -2.00. The van der Waals surface area contributed by atoms with Gasteiger partial charge < -0.3 is 10.4 Å². The number of amides is 1. The number of para-hydroxylation sites is 1. The van der Waals surface area contributed by atoms with Crippen LogP contribution in [-0.4, -0.2) is 15.3 Å². The van der Waals surface area contributed by atoms with Crippen LogP contribution in [0.1, 0.15) is 5.56 Å². The molecule has 0 spiro atoms. The first kappa shape index (κ1) is 11.1. The van der Waals surface area contributed by atoms with Crippen molar-refractivity contribution in [1.82, 2.24) is 5.32 Å². The summed E-state index contributed by atoms with van der Waals surface area (Å²) in [7, 11) is 0. The molecule has 3 nitrogen and oxygen atoms in total. The van der Waals surface area contributed by atoms with Gasteiger partial charge in [-0.3, -0.25) is 4.79 Å². The van der Waals surface area contributed by atoms with E-state index in [1.807, 2.05) is 0 Å². The number of benzene rings is 1. The van der Waals surface area contributed by atoms with E-state index in [-0.39, 0.29) is 11.5 Å². The second-order valence-electron chi connectivity index (χ2n) is 3.03. The van der Waals surface area contributed by atoms with Crippen molar-refractivity contribution in [3.63, 3.8) is 0 Å². The number of halogens is 1. The van der Waals surface area contributed by atoms with Crippen LogP contribution in [0.5, 0.6) is 5.75 Å². The third-order valence-electron chi connectivity index (χ3n) is 1.95. The number of thiocarbonyl (C=S) groups is 1. The molecule has 2 N–H and O–H groups in total. The lowest BCUT2D eigenvalue weighted by Crippen LogP contribution is -2.17. The van der Waals surface area contributed by atoms with Crippen LogP contribution in [-0.2, 0) is 4.79 Å². The summed E-state index contributed by atoms with van der Waals surface area (Å²) in [6.45, 7) is 0. The van der Waals surface area contributed by atoms with Crippen molar-refractivity contribution in [2.45, 2.75) is 0 Å². The molecule has 0 saturated carbocycles. The predicted octanol–water partition coefficient (Wildman–Crippen LogP) is 2.02. The summed E-state index contributed by atoms with van der Waals surface area (Å²) >= 11 is 5.88. The lowest BCUT2D eigenvalue weighted by atomic mass is 10.2. The summed E-state index contributed by atoms with van der Waals surface area (Å²) in [5.74, 6) is -1.53. The van der Waals surface area contributed by atoms with Crippen molar-refractivity contribution in [3.8, 4) is 5.75 Å². The van der Waals surface area contributed by atoms with Gasteiger partial charge in [0.2, 0.25) is 0 Å². The van der Waals surface area contributed by atoms with Gasteiger partial charge in [0.05, 0.1) is 4.91 Å². The number of carbonyl (C=O) groups is 1. The van der Waals surface area contributed by atoms with Crippen LogP contribution in [0.2, 0.25) is 0 Å². The van der Waals surface area contributed by atoms with E-state index in [2.05, 4.69) is 5.32 Å². The van der Waals surface area contributed by atoms with Gasteiger partial charge in [0.25, 0.3) is 5.91 Å². The van der Waals surface area contributed by atoms with Crippen molar-refractivity contribution in [1.29, 1.82) is 0 Å². The molecule has 0 radical (unpaired) electrons. The monoisotopic (exact) mass is 255 g/mol. The highest BCUT2D eigenvalue weighted by atomic mass is 32.2. The molecule has 1 amide bonds. The van der Waals surface area contributed by atoms with E-state index >= 15 is 0 Å². The first-order valence-electron chi connectivity index (χ1n) is 4.30. The minimum atomic E-state index is -0.722. The molecule has 0 aliphatic carbocycles. The molecule has 1 fully saturated rings. The fourth-order valence-electron chi connectivity index (χ4n) is 1.21. The topological polar surface area (TPSA) is 49.3 Å². The Hall–Kier alpha value is -1.40. The average molecular weight is 255 g/mol. The van der Waals surface area contributed by atoms with Gasteiger partial charge in [-0.15, -0.1) is 0 Å². The van der Waals surface area contributed by atoms with E-state index in [0.717, 1.165) is 17.8 Å². The summed E-state index contributed by atoms with van der Waals surface area (Å²) in [5.41, 5.74) is 0.252. The Kier molecular flexibility index (Phi) is 2.93. The summed E-state index contributed by atoms with van der Waals surface area (Å²) < 4.78 is 13.4. The highest BCUT2D eigenvalue weighted by Crippen LogP contribution is 2.29. The molecule has 1 heterocycles. The molecule has 82 valence electrons. The normalized spacial score (nSPS) is 17.9. The van der Waals surface area contributed by atoms with E-state index in [9.17, 15) is 14.3 Å². The Balaban J connectivity index is 2.40. The van der Waals surface area contributed by atoms with E-state index in [1.54, 1.807) is 0 Å². The average Bonchev–Trinajstić information content (AvgIpc) is 2.53. The minimum Gasteiger partial charge on any atom is -0.504 e. The van der Waals surface area contributed by atoms with Crippen molar-refractivity contribution < 1.29 is 14.3 Å². The Morgan fingerprint density at radius 3 is 2.88 bits per heavy atom. The second kappa shape index (κ2) is 4.23. The van der Waals surface area contributed by atoms with E-state index in [0.29, 0.717) is 9.23 Å². The maximum atomic E-state index is 13.0. The molecular formula is C10H6FNO2S2. The standard InChI is InChI=1S/C10H6FNO2S2/c11-6-3-1-2-5(8(6)13)4-7-9(14)12-10(15)16-7/h1-4,13H,(H,12,14,15)/b7-4+. The van der Waals surface area contributed by atoms with Gasteiger partial charge in [-0.05, 0) is 12.1 Å². The number of rotatable bonds is 1. The van der Waals surface area contributed by atoms with Crippen molar-refractivity contribution in [2.24, 2.45) is 0 Å². The molecule has 1 aliphatic rings. The van der Waals surface area contributed by atoms with Crippen LogP contribution >= 0.6 is 24.0 Å². The Morgan fingerprint density at radius 2 is 2.25 bits per heavy atom. The predicted molar refractivity (Wildman–Crippen MR) is 64.4 cm³/mol. The van der Waals surface area contributed by atoms with Crippen LogP contribution < -0.4 is 5.32 Å². The van der Waals surface area contributed by atoms with Gasteiger partial charge in [-0.1, -0.05) is 36.1 Å². The molecule has 0 bridgehead atoms. The van der Waals surface area contributed by atoms with Gasteiger partial charge in [-0.2, -0.15) is 0 Å². The number of thioether (sulfide) groups is 1. The number of nitrogens with one attached hydrogen (secondary N) is 1. The van der Waals surface area contributed by atoms with Crippen molar-refractivity contribution in [2.75, 3.05) is 0 Å². The molecule has 2 rings (SSSR count). The zero-order valence-corrected chi connectivity index (χ0v) is 9.49. The molecule has 0 unspecified atom stereocenters. The summed E-state index contributed by atoms with van der Waals surface area (Å²) in [4.78, 5) is 11.7. The van der Waals surface area contributed by atoms with Crippen LogP contribution in [0, 0.1) is 5.82 Å². The number of hydrogen-bond acceptors (Lipinski definition) is 4. The van der Waals surface area contributed by atoms with Crippen molar-refractivity contribution >= 4 is 40.3 Å². The van der Waals surface area contributed by atoms with Crippen LogP contribution in [0.15, 0.2) is 23.1 Å². The second-order valence-corrected chi connectivity index (χ2v) is 4.75. The van der Waals surface area contributed by atoms with Gasteiger partial charge >= 0.3 is 0 Å². The number of hydrogen-bond donors (Lipinski definition) is 2. The van der Waals surface area contributed by atoms with Crippen LogP contribution in [0.4, 0.5) is 4.39 Å². The molecule has 0 aromatic heterocycles. The molecule has 1 aromatic rings. The van der Waals surface area contributed by atoms with Gasteiger partial charge in [-0.25, -0.2) is 4.39 Å². The maximum Gasteiger partial charge on any atom is 0.263 e. The van der Waals surface area contributed by atoms with Gasteiger partial charge in [0, 0.05) is 5.56 Å². The van der Waals surface area contributed by atoms with E-state index in [4.69, 9.17) is 12.2 Å². The molecule has 1 saturated heterocycles. The first-order chi connectivity index (χ1) is 7.58. The zero-order valence-electron chi connectivity index (χ0n) is 7.86. The highest BCUT2D eigenvalue weighted by molar-refractivity contribution is 8.26. The minimum absolute atomic E-state index is 0.252. The van der Waals surface area contributed by atoms with Gasteiger partial charge in [0.1, 0.15) is 4.32 Å². The summed E-state index contributed by atoms with van der Waals surface area (Å²) in [6, 6.07) is 4.11. The molecule has 6 heteroatoms. The Labute approximate surface area is 100 Å². The number of carbonyl (C=O) groups excluding carboxylic acids is 1. The molecular weight excluding hydrogens is 249 g/mol. The molecule has 0 atom stereocenters. The van der Waals surface area contributed by atoms with Crippen LogP contribution in [0.3, 0.4) is 0 Å². The van der Waals surface area contributed by atoms with E-state index in [1.165, 1.54) is 18.2 Å². The third-order valence-corrected chi connectivity index (χ3v) is 3.11. The fraction of sp³-hybridized carbons (Fsp3) is 0. The summed E-state index contributed by atoms with van der Waals surface area (Å²) in [5, 5.41) is 11.8.